The third kappa shape index (κ3) is 6.65. The zero-order chi connectivity index (χ0) is 13.2. The molecule has 2 rings (SSSR count). The van der Waals surface area contributed by atoms with E-state index < -0.39 is 0 Å². The van der Waals surface area contributed by atoms with Crippen molar-refractivity contribution in [1.29, 1.82) is 0 Å². The summed E-state index contributed by atoms with van der Waals surface area (Å²) in [4.78, 5) is 4.86. The highest BCUT2D eigenvalue weighted by molar-refractivity contribution is 4.63. The monoisotopic (exact) mass is 271 g/mol. The Morgan fingerprint density at radius 1 is 0.842 bits per heavy atom. The van der Waals surface area contributed by atoms with Gasteiger partial charge in [-0.1, -0.05) is 0 Å². The third-order valence-corrected chi connectivity index (χ3v) is 3.61. The van der Waals surface area contributed by atoms with Crippen molar-refractivity contribution >= 4 is 0 Å². The molecule has 0 atom stereocenters. The van der Waals surface area contributed by atoms with Crippen molar-refractivity contribution in [3.05, 3.63) is 0 Å². The molecule has 0 amide bonds. The van der Waals surface area contributed by atoms with Crippen molar-refractivity contribution < 1.29 is 9.47 Å². The summed E-state index contributed by atoms with van der Waals surface area (Å²) in [6, 6.07) is 0. The van der Waals surface area contributed by atoms with Crippen LogP contribution in [-0.2, 0) is 9.47 Å². The number of hydrogen-bond donors (Lipinski definition) is 1. The molecule has 1 N–H and O–H groups in total. The predicted octanol–water partition coefficient (Wildman–Crippen LogP) is -0.850. The van der Waals surface area contributed by atoms with Crippen LogP contribution in [0.3, 0.4) is 0 Å². The van der Waals surface area contributed by atoms with Gasteiger partial charge >= 0.3 is 0 Å². The van der Waals surface area contributed by atoms with Gasteiger partial charge in [0.15, 0.2) is 0 Å². The van der Waals surface area contributed by atoms with Gasteiger partial charge in [0.2, 0.25) is 0 Å². The van der Waals surface area contributed by atoms with Crippen LogP contribution in [0.15, 0.2) is 0 Å². The Bertz CT molecular complexity index is 197. The molecular weight excluding hydrogens is 244 g/mol. The van der Waals surface area contributed by atoms with Crippen LogP contribution in [-0.4, -0.2) is 88.6 Å². The van der Waals surface area contributed by atoms with Gasteiger partial charge in [0, 0.05) is 45.8 Å². The Kier molecular flexibility index (Phi) is 7.68. The minimum atomic E-state index is 0.868. The molecule has 2 fully saturated rings. The number of rotatable bonds is 8. The first-order chi connectivity index (χ1) is 9.45. The van der Waals surface area contributed by atoms with Crippen molar-refractivity contribution in [1.82, 2.24) is 20.7 Å². The number of ether oxygens (including phenoxy) is 2. The van der Waals surface area contributed by atoms with Crippen molar-refractivity contribution in [2.45, 2.75) is 6.42 Å². The van der Waals surface area contributed by atoms with Crippen LogP contribution in [0.1, 0.15) is 6.42 Å². The van der Waals surface area contributed by atoms with E-state index in [0.29, 0.717) is 0 Å². The highest BCUT2D eigenvalue weighted by Crippen LogP contribution is 1.97. The fourth-order valence-corrected chi connectivity index (χ4v) is 2.38. The summed E-state index contributed by atoms with van der Waals surface area (Å²) in [5, 5.41) is 0. The van der Waals surface area contributed by atoms with Gasteiger partial charge in [-0.25, -0.2) is 5.43 Å². The summed E-state index contributed by atoms with van der Waals surface area (Å²) in [5.41, 5.74) is 7.55. The summed E-state index contributed by atoms with van der Waals surface area (Å²) in [6.45, 7) is 11.8. The van der Waals surface area contributed by atoms with E-state index in [0.717, 1.165) is 85.2 Å². The molecule has 6 heteroatoms. The van der Waals surface area contributed by atoms with Gasteiger partial charge in [0.1, 0.15) is 0 Å². The SMILES string of the molecule is C(CN[N]CCN1CCOCC1)CN1CCOCC1. The summed E-state index contributed by atoms with van der Waals surface area (Å²) < 4.78 is 10.6. The summed E-state index contributed by atoms with van der Waals surface area (Å²) in [7, 11) is 0. The van der Waals surface area contributed by atoms with Gasteiger partial charge in [0.05, 0.1) is 26.4 Å². The summed E-state index contributed by atoms with van der Waals surface area (Å²) in [6.07, 6.45) is 1.15. The van der Waals surface area contributed by atoms with Crippen molar-refractivity contribution in [2.24, 2.45) is 0 Å². The van der Waals surface area contributed by atoms with Crippen LogP contribution in [0.5, 0.6) is 0 Å². The lowest BCUT2D eigenvalue weighted by Gasteiger charge is -2.27. The van der Waals surface area contributed by atoms with Gasteiger partial charge in [-0.2, -0.15) is 5.43 Å². The highest BCUT2D eigenvalue weighted by Gasteiger charge is 2.10. The molecular formula is C13H27N4O2. The van der Waals surface area contributed by atoms with E-state index in [9.17, 15) is 0 Å². The Morgan fingerprint density at radius 3 is 2.05 bits per heavy atom. The molecule has 0 aromatic heterocycles. The van der Waals surface area contributed by atoms with Crippen LogP contribution < -0.4 is 10.9 Å². The van der Waals surface area contributed by atoms with E-state index in [2.05, 4.69) is 20.7 Å². The number of nitrogens with zero attached hydrogens (tertiary/aromatic N) is 3. The second-order valence-electron chi connectivity index (χ2n) is 5.05. The topological polar surface area (TPSA) is 51.1 Å². The Morgan fingerprint density at radius 2 is 1.42 bits per heavy atom. The molecule has 0 aromatic carbocycles. The van der Waals surface area contributed by atoms with E-state index in [1.165, 1.54) is 0 Å². The standard InChI is InChI=1S/C13H27N4O2/c1(4-16-6-10-18-11-7-16)2-14-15-3-5-17-8-12-19-13-9-17/h14H,1-13H2. The van der Waals surface area contributed by atoms with E-state index in [1.807, 2.05) is 0 Å². The third-order valence-electron chi connectivity index (χ3n) is 3.61. The maximum absolute atomic E-state index is 5.33. The molecule has 2 saturated heterocycles. The maximum Gasteiger partial charge on any atom is 0.0594 e. The number of morpholine rings is 2. The van der Waals surface area contributed by atoms with E-state index in [-0.39, 0.29) is 0 Å². The molecule has 1 radical (unpaired) electrons. The Hall–Kier alpha value is -0.240. The highest BCUT2D eigenvalue weighted by atomic mass is 16.5. The molecule has 2 heterocycles. The van der Waals surface area contributed by atoms with Gasteiger partial charge in [-0.15, -0.1) is 0 Å². The van der Waals surface area contributed by atoms with Crippen molar-refractivity contribution in [3.63, 3.8) is 0 Å². The molecule has 6 nitrogen and oxygen atoms in total. The van der Waals surface area contributed by atoms with Gasteiger partial charge in [0.25, 0.3) is 0 Å². The van der Waals surface area contributed by atoms with Crippen LogP contribution in [0.25, 0.3) is 0 Å². The normalized spacial score (nSPS) is 22.7. The second-order valence-corrected chi connectivity index (χ2v) is 5.05. The first kappa shape index (κ1) is 15.2. The van der Waals surface area contributed by atoms with Crippen molar-refractivity contribution in [2.75, 3.05) is 78.8 Å². The molecule has 0 bridgehead atoms. The smallest absolute Gasteiger partial charge is 0.0594 e. The number of hydrogen-bond acceptors (Lipinski definition) is 5. The molecule has 0 spiro atoms. The largest absolute Gasteiger partial charge is 0.379 e. The summed E-state index contributed by atoms with van der Waals surface area (Å²) in [5.74, 6) is 0. The fraction of sp³-hybridized carbons (Fsp3) is 1.00. The van der Waals surface area contributed by atoms with Crippen LogP contribution in [0, 0.1) is 0 Å². The first-order valence-corrected chi connectivity index (χ1v) is 7.45. The van der Waals surface area contributed by atoms with Crippen LogP contribution in [0.4, 0.5) is 0 Å². The first-order valence-electron chi connectivity index (χ1n) is 7.45. The fourth-order valence-electron chi connectivity index (χ4n) is 2.38. The van der Waals surface area contributed by atoms with Gasteiger partial charge < -0.3 is 9.47 Å². The molecule has 19 heavy (non-hydrogen) atoms. The lowest BCUT2D eigenvalue weighted by Crippen LogP contribution is -2.41. The van der Waals surface area contributed by atoms with E-state index in [4.69, 9.17) is 9.47 Å². The zero-order valence-electron chi connectivity index (χ0n) is 11.9. The lowest BCUT2D eigenvalue weighted by molar-refractivity contribution is 0.0365. The molecule has 0 aliphatic carbocycles. The van der Waals surface area contributed by atoms with E-state index >= 15 is 0 Å². The van der Waals surface area contributed by atoms with Crippen molar-refractivity contribution in [3.8, 4) is 0 Å². The summed E-state index contributed by atoms with van der Waals surface area (Å²) >= 11 is 0. The minimum absolute atomic E-state index is 0.868. The average Bonchev–Trinajstić information content (AvgIpc) is 2.48. The molecule has 0 aromatic rings. The Labute approximate surface area is 116 Å². The minimum Gasteiger partial charge on any atom is -0.379 e. The molecule has 2 aliphatic rings. The van der Waals surface area contributed by atoms with Gasteiger partial charge in [-0.3, -0.25) is 9.80 Å². The van der Waals surface area contributed by atoms with Crippen LogP contribution >= 0.6 is 0 Å². The number of nitrogens with one attached hydrogen (secondary N) is 1. The van der Waals surface area contributed by atoms with Gasteiger partial charge in [-0.05, 0) is 13.0 Å². The maximum atomic E-state index is 5.33. The Balaban J connectivity index is 1.35. The molecule has 0 unspecified atom stereocenters. The zero-order valence-corrected chi connectivity index (χ0v) is 11.9. The quantitative estimate of drug-likeness (QED) is 0.460. The second kappa shape index (κ2) is 9.63. The lowest BCUT2D eigenvalue weighted by atomic mass is 10.3. The van der Waals surface area contributed by atoms with Crippen LogP contribution in [0.2, 0.25) is 0 Å². The molecule has 0 saturated carbocycles. The average molecular weight is 271 g/mol. The van der Waals surface area contributed by atoms with E-state index in [1.54, 1.807) is 0 Å². The predicted molar refractivity (Wildman–Crippen MR) is 74.1 cm³/mol. The molecule has 111 valence electrons. The molecule has 2 aliphatic heterocycles.